The lowest BCUT2D eigenvalue weighted by Gasteiger charge is -2.20. The number of benzene rings is 2. The van der Waals surface area contributed by atoms with Gasteiger partial charge in [-0.2, -0.15) is 0 Å². The van der Waals surface area contributed by atoms with Gasteiger partial charge in [0.15, 0.2) is 11.8 Å². The smallest absolute Gasteiger partial charge is 0.278 e. The van der Waals surface area contributed by atoms with Gasteiger partial charge >= 0.3 is 0 Å². The van der Waals surface area contributed by atoms with Crippen LogP contribution in [0.4, 0.5) is 5.69 Å². The van der Waals surface area contributed by atoms with Crippen LogP contribution in [0.15, 0.2) is 59.1 Å². The van der Waals surface area contributed by atoms with E-state index in [4.69, 9.17) is 39.5 Å². The van der Waals surface area contributed by atoms with E-state index in [0.29, 0.717) is 10.1 Å². The van der Waals surface area contributed by atoms with Gasteiger partial charge in [-0.1, -0.05) is 53.0 Å². The number of amidine groups is 1. The highest BCUT2D eigenvalue weighted by Crippen LogP contribution is 2.34. The average molecular weight is 568 g/mol. The van der Waals surface area contributed by atoms with Crippen LogP contribution in [0, 0.1) is 0 Å². The molecule has 1 aliphatic rings. The fourth-order valence-electron chi connectivity index (χ4n) is 3.30. The van der Waals surface area contributed by atoms with Crippen molar-refractivity contribution in [1.82, 2.24) is 10.3 Å². The maximum Gasteiger partial charge on any atom is 0.278 e. The van der Waals surface area contributed by atoms with Crippen LogP contribution in [0.3, 0.4) is 0 Å². The Kier molecular flexibility index (Phi) is 10.1. The number of rotatable bonds is 10. The van der Waals surface area contributed by atoms with Crippen molar-refractivity contribution in [1.29, 1.82) is 0 Å². The van der Waals surface area contributed by atoms with E-state index in [0.717, 1.165) is 36.1 Å². The first-order valence-corrected chi connectivity index (χ1v) is 13.0. The molecule has 1 aliphatic heterocycles. The number of hydrogen-bond acceptors (Lipinski definition) is 6. The van der Waals surface area contributed by atoms with E-state index in [1.807, 2.05) is 24.3 Å². The summed E-state index contributed by atoms with van der Waals surface area (Å²) in [5.74, 6) is -0.551. The van der Waals surface area contributed by atoms with Gasteiger partial charge in [-0.15, -0.1) is 11.7 Å². The van der Waals surface area contributed by atoms with Gasteiger partial charge in [0.05, 0.1) is 20.0 Å². The van der Waals surface area contributed by atoms with Gasteiger partial charge in [-0.05, 0) is 55.4 Å². The molecule has 0 radical (unpaired) electrons. The number of nitrogens with one attached hydrogen (secondary N) is 1. The molecule has 0 bridgehead atoms. The van der Waals surface area contributed by atoms with E-state index in [2.05, 4.69) is 35.9 Å². The van der Waals surface area contributed by atoms with Crippen molar-refractivity contribution in [2.45, 2.75) is 13.8 Å². The van der Waals surface area contributed by atoms with Crippen LogP contribution < -0.4 is 15.1 Å². The summed E-state index contributed by atoms with van der Waals surface area (Å²) in [6, 6.07) is 10.8. The predicted molar refractivity (Wildman–Crippen MR) is 150 cm³/mol. The van der Waals surface area contributed by atoms with Crippen LogP contribution in [0.1, 0.15) is 19.4 Å². The number of hydrogen-bond donors (Lipinski definition) is 1. The lowest BCUT2D eigenvalue weighted by molar-refractivity contribution is -0.123. The number of thioether (sulfide) groups is 1. The highest BCUT2D eigenvalue weighted by Gasteiger charge is 2.33. The molecule has 0 atom stereocenters. The Morgan fingerprint density at radius 3 is 2.44 bits per heavy atom. The van der Waals surface area contributed by atoms with Crippen LogP contribution in [0.25, 0.3) is 6.08 Å². The zero-order chi connectivity index (χ0) is 26.2. The largest absolute Gasteiger partial charge is 0.482 e. The fraction of sp³-hybridized carbons (Fsp3) is 0.240. The van der Waals surface area contributed by atoms with Gasteiger partial charge in [0.25, 0.3) is 11.8 Å². The van der Waals surface area contributed by atoms with Crippen molar-refractivity contribution in [2.75, 3.05) is 31.1 Å². The number of ether oxygens (including phenoxy) is 1. The Labute approximate surface area is 229 Å². The number of nitrogens with zero attached hydrogens (tertiary/aromatic N) is 3. The van der Waals surface area contributed by atoms with Crippen molar-refractivity contribution in [2.24, 2.45) is 5.10 Å². The Bertz CT molecular complexity index is 1200. The molecule has 2 amide bonds. The van der Waals surface area contributed by atoms with E-state index in [-0.39, 0.29) is 39.9 Å². The Morgan fingerprint density at radius 1 is 1.14 bits per heavy atom. The van der Waals surface area contributed by atoms with E-state index in [9.17, 15) is 9.59 Å². The molecule has 1 saturated heterocycles. The summed E-state index contributed by atoms with van der Waals surface area (Å²) in [5, 5.41) is 5.19. The minimum atomic E-state index is -0.541. The van der Waals surface area contributed by atoms with E-state index in [1.54, 1.807) is 12.2 Å². The summed E-state index contributed by atoms with van der Waals surface area (Å²) in [5.41, 5.74) is 4.41. The van der Waals surface area contributed by atoms with Crippen molar-refractivity contribution in [3.05, 3.63) is 74.6 Å². The van der Waals surface area contributed by atoms with Crippen molar-refractivity contribution >= 4 is 75.3 Å². The fourth-order valence-corrected chi connectivity index (χ4v) is 4.84. The number of hydrazone groups is 1. The zero-order valence-corrected chi connectivity index (χ0v) is 22.8. The standard InChI is InChI=1S/C25H25Cl3N4O3S/c1-4-11-32-24(34)22(12-16-7-9-17(10-8-16)31(5-2)6-3)36-25(32)30-29-23(33)15-35-21-14-19(27)18(26)13-20(21)28/h4,7-10,12-14H,1,5-6,11,15H2,2-3H3,(H,29,33). The molecule has 0 aliphatic carbocycles. The number of carbonyl (C=O) groups excluding carboxylic acids is 2. The normalized spacial score (nSPS) is 15.5. The molecule has 0 unspecified atom stereocenters. The molecule has 0 aromatic heterocycles. The average Bonchev–Trinajstić information content (AvgIpc) is 3.15. The molecule has 7 nitrogen and oxygen atoms in total. The molecule has 2 aromatic rings. The monoisotopic (exact) mass is 566 g/mol. The molecule has 1 fully saturated rings. The minimum Gasteiger partial charge on any atom is -0.482 e. The van der Waals surface area contributed by atoms with Crippen LogP contribution in [0.2, 0.25) is 15.1 Å². The topological polar surface area (TPSA) is 74.2 Å². The third kappa shape index (κ3) is 6.97. The van der Waals surface area contributed by atoms with E-state index < -0.39 is 5.91 Å². The highest BCUT2D eigenvalue weighted by atomic mass is 35.5. The molecule has 0 spiro atoms. The maximum absolute atomic E-state index is 13.0. The van der Waals surface area contributed by atoms with Gasteiger partial charge in [-0.25, -0.2) is 5.43 Å². The summed E-state index contributed by atoms with van der Waals surface area (Å²) in [6.45, 7) is 9.63. The molecule has 190 valence electrons. The quantitative estimate of drug-likeness (QED) is 0.163. The van der Waals surface area contributed by atoms with Crippen LogP contribution in [0.5, 0.6) is 5.75 Å². The summed E-state index contributed by atoms with van der Waals surface area (Å²) >= 11 is 19.1. The summed E-state index contributed by atoms with van der Waals surface area (Å²) in [7, 11) is 0. The Balaban J connectivity index is 1.69. The lowest BCUT2D eigenvalue weighted by atomic mass is 10.1. The SMILES string of the molecule is C=CCN1C(=O)C(=Cc2ccc(N(CC)CC)cc2)SC1=NNC(=O)COc1cc(Cl)c(Cl)cc1Cl. The molecular weight excluding hydrogens is 543 g/mol. The van der Waals surface area contributed by atoms with Gasteiger partial charge in [0, 0.05) is 31.4 Å². The summed E-state index contributed by atoms with van der Waals surface area (Å²) in [6.07, 6.45) is 3.39. The second-order valence-electron chi connectivity index (χ2n) is 7.49. The molecule has 36 heavy (non-hydrogen) atoms. The second-order valence-corrected chi connectivity index (χ2v) is 9.72. The minimum absolute atomic E-state index is 0.213. The van der Waals surface area contributed by atoms with Gasteiger partial charge in [-0.3, -0.25) is 14.5 Å². The maximum atomic E-state index is 13.0. The third-order valence-electron chi connectivity index (χ3n) is 5.13. The van der Waals surface area contributed by atoms with E-state index >= 15 is 0 Å². The van der Waals surface area contributed by atoms with Gasteiger partial charge in [0.2, 0.25) is 0 Å². The summed E-state index contributed by atoms with van der Waals surface area (Å²) < 4.78 is 5.41. The molecule has 2 aromatic carbocycles. The second kappa shape index (κ2) is 13.1. The first-order chi connectivity index (χ1) is 17.3. The lowest BCUT2D eigenvalue weighted by Crippen LogP contribution is -2.32. The number of anilines is 1. The van der Waals surface area contributed by atoms with Crippen LogP contribution in [-0.2, 0) is 9.59 Å². The molecule has 3 rings (SSSR count). The molecule has 1 N–H and O–H groups in total. The molecule has 1 heterocycles. The first kappa shape index (κ1) is 27.9. The van der Waals surface area contributed by atoms with Crippen LogP contribution in [-0.4, -0.2) is 48.1 Å². The highest BCUT2D eigenvalue weighted by molar-refractivity contribution is 8.18. The Morgan fingerprint density at radius 2 is 1.81 bits per heavy atom. The Hall–Kier alpha value is -2.65. The van der Waals surface area contributed by atoms with Crippen molar-refractivity contribution < 1.29 is 14.3 Å². The third-order valence-corrected chi connectivity index (χ3v) is 7.15. The number of amides is 2. The molecule has 11 heteroatoms. The van der Waals surface area contributed by atoms with Crippen LogP contribution >= 0.6 is 46.6 Å². The first-order valence-electron chi connectivity index (χ1n) is 11.1. The zero-order valence-electron chi connectivity index (χ0n) is 19.8. The van der Waals surface area contributed by atoms with Gasteiger partial charge < -0.3 is 9.64 Å². The number of halogens is 3. The predicted octanol–water partition coefficient (Wildman–Crippen LogP) is 6.06. The van der Waals surface area contributed by atoms with Crippen molar-refractivity contribution in [3.8, 4) is 5.75 Å². The molecular formula is C25H25Cl3N4O3S. The summed E-state index contributed by atoms with van der Waals surface area (Å²) in [4.78, 5) is 29.4. The van der Waals surface area contributed by atoms with Gasteiger partial charge in [0.1, 0.15) is 5.75 Å². The van der Waals surface area contributed by atoms with E-state index in [1.165, 1.54) is 17.0 Å². The number of carbonyl (C=O) groups is 2. The van der Waals surface area contributed by atoms with Crippen molar-refractivity contribution in [3.63, 3.8) is 0 Å². The molecule has 0 saturated carbocycles.